The second kappa shape index (κ2) is 11.9. The summed E-state index contributed by atoms with van der Waals surface area (Å²) in [5, 5.41) is 4.26. The minimum Gasteiger partial charge on any atom is -0.486 e. The molecule has 0 unspecified atom stereocenters. The Bertz CT molecular complexity index is 1100. The summed E-state index contributed by atoms with van der Waals surface area (Å²) < 4.78 is 33.4. The highest BCUT2D eigenvalue weighted by molar-refractivity contribution is 5.72. The third kappa shape index (κ3) is 6.59. The molecule has 9 nitrogen and oxygen atoms in total. The number of esters is 1. The second-order valence-electron chi connectivity index (χ2n) is 10.3. The van der Waals surface area contributed by atoms with Crippen LogP contribution in [0.4, 0.5) is 9.18 Å². The lowest BCUT2D eigenvalue weighted by atomic mass is 9.87. The van der Waals surface area contributed by atoms with Gasteiger partial charge in [0.15, 0.2) is 5.75 Å². The van der Waals surface area contributed by atoms with E-state index >= 15 is 4.39 Å². The molecule has 0 saturated heterocycles. The molecule has 2 aromatic heterocycles. The van der Waals surface area contributed by atoms with Gasteiger partial charge >= 0.3 is 12.1 Å². The monoisotopic (exact) mass is 516 g/mol. The normalized spacial score (nSPS) is 20.2. The van der Waals surface area contributed by atoms with Gasteiger partial charge in [0.1, 0.15) is 6.61 Å². The van der Waals surface area contributed by atoms with Gasteiger partial charge in [0.05, 0.1) is 35.7 Å². The molecule has 0 radical (unpaired) electrons. The van der Waals surface area contributed by atoms with Crippen LogP contribution in [0, 0.1) is 11.9 Å². The maximum atomic E-state index is 15.0. The highest BCUT2D eigenvalue weighted by Gasteiger charge is 2.31. The smallest absolute Gasteiger partial charge is 0.410 e. The average Bonchev–Trinajstić information content (AvgIpc) is 3.53. The van der Waals surface area contributed by atoms with Crippen LogP contribution in [0.3, 0.4) is 0 Å². The van der Waals surface area contributed by atoms with Crippen LogP contribution in [0.5, 0.6) is 5.75 Å². The van der Waals surface area contributed by atoms with Crippen molar-refractivity contribution in [2.75, 3.05) is 7.05 Å². The number of ether oxygens (including phenoxy) is 3. The van der Waals surface area contributed by atoms with Crippen LogP contribution in [0.2, 0.25) is 0 Å². The summed E-state index contributed by atoms with van der Waals surface area (Å²) in [6.45, 7) is 3.65. The van der Waals surface area contributed by atoms with E-state index < -0.39 is 5.95 Å². The van der Waals surface area contributed by atoms with Crippen molar-refractivity contribution in [1.29, 1.82) is 0 Å². The predicted molar refractivity (Wildman–Crippen MR) is 134 cm³/mol. The molecular weight excluding hydrogens is 479 g/mol. The van der Waals surface area contributed by atoms with Crippen molar-refractivity contribution >= 4 is 12.1 Å². The van der Waals surface area contributed by atoms with Crippen molar-refractivity contribution in [2.45, 2.75) is 90.1 Å². The SMILES string of the molecule is CC(C)OC(=O)[C@H]1CCC[C@H](Oc2ccc(-c3cnn(C)c3COC(=O)N(C)C3CCCC3)nc2F)C1. The Labute approximate surface area is 217 Å². The first-order valence-electron chi connectivity index (χ1n) is 13.2. The fourth-order valence-electron chi connectivity index (χ4n) is 5.15. The zero-order valence-corrected chi connectivity index (χ0v) is 22.1. The molecule has 2 heterocycles. The van der Waals surface area contributed by atoms with Gasteiger partial charge in [-0.3, -0.25) is 9.48 Å². The summed E-state index contributed by atoms with van der Waals surface area (Å²) in [6.07, 6.45) is 7.74. The molecule has 0 spiro atoms. The lowest BCUT2D eigenvalue weighted by molar-refractivity contribution is -0.154. The molecule has 2 fully saturated rings. The van der Waals surface area contributed by atoms with Crippen molar-refractivity contribution in [3.63, 3.8) is 0 Å². The van der Waals surface area contributed by atoms with E-state index in [2.05, 4.69) is 10.1 Å². The third-order valence-electron chi connectivity index (χ3n) is 7.25. The first-order chi connectivity index (χ1) is 17.7. The Hall–Kier alpha value is -3.17. The van der Waals surface area contributed by atoms with Crippen molar-refractivity contribution in [2.24, 2.45) is 13.0 Å². The summed E-state index contributed by atoms with van der Waals surface area (Å²) >= 11 is 0. The zero-order valence-electron chi connectivity index (χ0n) is 22.1. The van der Waals surface area contributed by atoms with Gasteiger partial charge in [-0.05, 0) is 64.5 Å². The number of halogens is 1. The summed E-state index contributed by atoms with van der Waals surface area (Å²) in [6, 6.07) is 3.42. The van der Waals surface area contributed by atoms with Crippen LogP contribution in [0.25, 0.3) is 11.3 Å². The molecule has 2 aromatic rings. The number of amides is 1. The van der Waals surface area contributed by atoms with E-state index in [1.54, 1.807) is 42.0 Å². The molecule has 4 rings (SSSR count). The van der Waals surface area contributed by atoms with Crippen molar-refractivity contribution < 1.29 is 28.2 Å². The van der Waals surface area contributed by atoms with Gasteiger partial charge < -0.3 is 19.1 Å². The van der Waals surface area contributed by atoms with Crippen LogP contribution in [-0.4, -0.2) is 57.0 Å². The van der Waals surface area contributed by atoms with Crippen molar-refractivity contribution in [1.82, 2.24) is 19.7 Å². The third-order valence-corrected chi connectivity index (χ3v) is 7.25. The topological polar surface area (TPSA) is 95.8 Å². The molecule has 2 atom stereocenters. The number of carbonyl (C=O) groups is 2. The summed E-state index contributed by atoms with van der Waals surface area (Å²) in [7, 11) is 3.50. The van der Waals surface area contributed by atoms with Crippen LogP contribution < -0.4 is 4.74 Å². The standard InChI is InChI=1S/C27H37FN4O5/c1-17(2)36-26(33)18-8-7-11-20(14-18)37-24-13-12-22(30-25(24)28)21-15-29-32(4)23(21)16-35-27(34)31(3)19-9-5-6-10-19/h12-13,15,17-20H,5-11,14,16H2,1-4H3/t18-,20-/m0/s1. The maximum Gasteiger partial charge on any atom is 0.410 e. The Balaban J connectivity index is 1.40. The number of aromatic nitrogens is 3. The van der Waals surface area contributed by atoms with Gasteiger partial charge in [-0.1, -0.05) is 12.8 Å². The lowest BCUT2D eigenvalue weighted by Crippen LogP contribution is -2.35. The maximum absolute atomic E-state index is 15.0. The molecular formula is C27H37FN4O5. The summed E-state index contributed by atoms with van der Waals surface area (Å²) in [4.78, 5) is 30.6. The van der Waals surface area contributed by atoms with Crippen LogP contribution in [0.15, 0.2) is 18.3 Å². The van der Waals surface area contributed by atoms with E-state index in [9.17, 15) is 9.59 Å². The number of hydrogen-bond donors (Lipinski definition) is 0. The van der Waals surface area contributed by atoms with Crippen molar-refractivity contribution in [3.8, 4) is 17.0 Å². The van der Waals surface area contributed by atoms with E-state index in [1.165, 1.54) is 0 Å². The fourth-order valence-corrected chi connectivity index (χ4v) is 5.15. The highest BCUT2D eigenvalue weighted by atomic mass is 19.1. The molecule has 0 N–H and O–H groups in total. The largest absolute Gasteiger partial charge is 0.486 e. The number of hydrogen-bond acceptors (Lipinski definition) is 7. The Morgan fingerprint density at radius 3 is 2.62 bits per heavy atom. The molecule has 2 aliphatic carbocycles. The number of carbonyl (C=O) groups excluding carboxylic acids is 2. The number of aryl methyl sites for hydroxylation is 1. The Morgan fingerprint density at radius 2 is 1.92 bits per heavy atom. The van der Waals surface area contributed by atoms with E-state index in [4.69, 9.17) is 14.2 Å². The summed E-state index contributed by atoms with van der Waals surface area (Å²) in [5.74, 6) is -1.17. The van der Waals surface area contributed by atoms with E-state index in [-0.39, 0.29) is 48.6 Å². The minimum absolute atomic E-state index is 0.000777. The van der Waals surface area contributed by atoms with E-state index in [1.807, 2.05) is 13.8 Å². The van der Waals surface area contributed by atoms with E-state index in [0.717, 1.165) is 44.9 Å². The van der Waals surface area contributed by atoms with Crippen LogP contribution in [0.1, 0.15) is 70.9 Å². The zero-order chi connectivity index (χ0) is 26.5. The van der Waals surface area contributed by atoms with Gasteiger partial charge in [0, 0.05) is 25.7 Å². The van der Waals surface area contributed by atoms with Crippen LogP contribution in [-0.2, 0) is 27.9 Å². The Kier molecular flexibility index (Phi) is 8.66. The first-order valence-corrected chi connectivity index (χ1v) is 13.2. The number of nitrogens with zero attached hydrogens (tertiary/aromatic N) is 4. The molecule has 2 saturated carbocycles. The van der Waals surface area contributed by atoms with Gasteiger partial charge in [0.25, 0.3) is 5.95 Å². The van der Waals surface area contributed by atoms with Crippen molar-refractivity contribution in [3.05, 3.63) is 30.0 Å². The van der Waals surface area contributed by atoms with Gasteiger partial charge in [-0.2, -0.15) is 9.49 Å². The molecule has 1 amide bonds. The molecule has 2 aliphatic rings. The fraction of sp³-hybridized carbons (Fsp3) is 0.630. The molecule has 0 bridgehead atoms. The Morgan fingerprint density at radius 1 is 1.16 bits per heavy atom. The average molecular weight is 517 g/mol. The number of pyridine rings is 1. The quantitative estimate of drug-likeness (QED) is 0.359. The van der Waals surface area contributed by atoms with Gasteiger partial charge in [0.2, 0.25) is 0 Å². The van der Waals surface area contributed by atoms with Crippen LogP contribution >= 0.6 is 0 Å². The van der Waals surface area contributed by atoms with Gasteiger partial charge in [-0.25, -0.2) is 9.78 Å². The molecule has 10 heteroatoms. The number of rotatable bonds is 8. The van der Waals surface area contributed by atoms with Gasteiger partial charge in [-0.15, -0.1) is 0 Å². The first kappa shape index (κ1) is 26.9. The second-order valence-corrected chi connectivity index (χ2v) is 10.3. The molecule has 202 valence electrons. The molecule has 37 heavy (non-hydrogen) atoms. The predicted octanol–water partition coefficient (Wildman–Crippen LogP) is 5.02. The molecule has 0 aromatic carbocycles. The van der Waals surface area contributed by atoms with E-state index in [0.29, 0.717) is 23.4 Å². The highest BCUT2D eigenvalue weighted by Crippen LogP contribution is 2.31. The molecule has 0 aliphatic heterocycles. The lowest BCUT2D eigenvalue weighted by Gasteiger charge is -2.28. The summed E-state index contributed by atoms with van der Waals surface area (Å²) in [5.41, 5.74) is 1.57. The minimum atomic E-state index is -0.739.